The maximum absolute atomic E-state index is 9.58. The molecule has 4 unspecified atom stereocenters. The molecule has 10 heteroatoms. The van der Waals surface area contributed by atoms with Gasteiger partial charge in [0.1, 0.15) is 73.8 Å². The van der Waals surface area contributed by atoms with Crippen molar-refractivity contribution in [1.82, 2.24) is 0 Å². The zero-order chi connectivity index (χ0) is 33.6. The third-order valence-electron chi connectivity index (χ3n) is 7.53. The van der Waals surface area contributed by atoms with Crippen molar-refractivity contribution in [3.8, 4) is 23.0 Å². The summed E-state index contributed by atoms with van der Waals surface area (Å²) in [5.74, 6) is 3.49. The van der Waals surface area contributed by atoms with E-state index in [1.54, 1.807) is 0 Å². The first-order chi connectivity index (χ1) is 23.5. The van der Waals surface area contributed by atoms with Crippen LogP contribution in [0.3, 0.4) is 0 Å². The van der Waals surface area contributed by atoms with Crippen LogP contribution in [-0.4, -0.2) is 86.0 Å². The molecule has 4 aromatic rings. The van der Waals surface area contributed by atoms with Crippen molar-refractivity contribution in [2.24, 2.45) is 0 Å². The number of alkyl halides is 2. The smallest absolute Gasteiger partial charge is 0.122 e. The Kier molecular flexibility index (Phi) is 14.1. The summed E-state index contributed by atoms with van der Waals surface area (Å²) < 4.78 is 33.6. The molecule has 0 spiro atoms. The van der Waals surface area contributed by atoms with Crippen molar-refractivity contribution >= 4 is 23.2 Å². The summed E-state index contributed by atoms with van der Waals surface area (Å²) in [5, 5.41) is 19.2. The highest BCUT2D eigenvalue weighted by molar-refractivity contribution is 6.18. The largest absolute Gasteiger partial charge is 0.491 e. The van der Waals surface area contributed by atoms with E-state index in [4.69, 9.17) is 51.6 Å². The molecule has 0 aliphatic carbocycles. The Labute approximate surface area is 292 Å². The number of rotatable bonds is 18. The Balaban J connectivity index is 0.000000188. The molecule has 0 amide bonds. The van der Waals surface area contributed by atoms with Crippen molar-refractivity contribution in [2.45, 2.75) is 37.3 Å². The fourth-order valence-electron chi connectivity index (χ4n) is 4.73. The van der Waals surface area contributed by atoms with Gasteiger partial charge in [0.25, 0.3) is 0 Å². The van der Waals surface area contributed by atoms with Crippen molar-refractivity contribution in [3.63, 3.8) is 0 Å². The number of aliphatic hydroxyl groups is 2. The standard InChI is InChI=1S/C19H22Cl2O4.C19H20O4/c20-10-16(22)12-24-18-7-3-1-5-14(18)9-15-6-2-4-8-19(15)25-13-17(23)11-21;1-3-7-18(22-12-16-10-20-16)14(5-1)9-15-6-2-4-8-19(15)23-13-17-11-21-17/h1-8,16-17,22-23H,9-13H2;1-8,16-17H,9-13H2. The molecule has 2 heterocycles. The van der Waals surface area contributed by atoms with Gasteiger partial charge in [-0.15, -0.1) is 23.2 Å². The monoisotopic (exact) mass is 696 g/mol. The molecule has 2 N–H and O–H groups in total. The number of ether oxygens (including phenoxy) is 6. The molecule has 0 aromatic heterocycles. The summed E-state index contributed by atoms with van der Waals surface area (Å²) in [6.45, 7) is 3.13. The number of benzene rings is 4. The van der Waals surface area contributed by atoms with Gasteiger partial charge in [-0.05, 0) is 46.5 Å². The van der Waals surface area contributed by atoms with E-state index in [0.29, 0.717) is 31.1 Å². The number of halogens is 2. The van der Waals surface area contributed by atoms with Gasteiger partial charge in [0.15, 0.2) is 0 Å². The summed E-state index contributed by atoms with van der Waals surface area (Å²) in [4.78, 5) is 0. The molecule has 8 nitrogen and oxygen atoms in total. The Morgan fingerprint density at radius 2 is 0.812 bits per heavy atom. The van der Waals surface area contributed by atoms with Crippen molar-refractivity contribution < 1.29 is 38.6 Å². The molecule has 2 aliphatic rings. The van der Waals surface area contributed by atoms with Gasteiger partial charge >= 0.3 is 0 Å². The molecule has 4 atom stereocenters. The predicted octanol–water partition coefficient (Wildman–Crippen LogP) is 6.07. The van der Waals surface area contributed by atoms with E-state index >= 15 is 0 Å². The lowest BCUT2D eigenvalue weighted by atomic mass is 10.0. The highest BCUT2D eigenvalue weighted by atomic mass is 35.5. The molecular weight excluding hydrogens is 655 g/mol. The molecule has 0 radical (unpaired) electrons. The van der Waals surface area contributed by atoms with E-state index < -0.39 is 12.2 Å². The quantitative estimate of drug-likeness (QED) is 0.0956. The van der Waals surface area contributed by atoms with Crippen LogP contribution in [-0.2, 0) is 22.3 Å². The van der Waals surface area contributed by atoms with Gasteiger partial charge < -0.3 is 38.6 Å². The highest BCUT2D eigenvalue weighted by Crippen LogP contribution is 2.29. The van der Waals surface area contributed by atoms with Gasteiger partial charge in [0.2, 0.25) is 0 Å². The number of hydrogen-bond donors (Lipinski definition) is 2. The second-order valence-electron chi connectivity index (χ2n) is 11.6. The van der Waals surface area contributed by atoms with E-state index in [-0.39, 0.29) is 37.2 Å². The van der Waals surface area contributed by atoms with Crippen molar-refractivity contribution in [3.05, 3.63) is 119 Å². The second kappa shape index (κ2) is 18.9. The van der Waals surface area contributed by atoms with Gasteiger partial charge in [-0.3, -0.25) is 0 Å². The lowest BCUT2D eigenvalue weighted by molar-refractivity contribution is 0.124. The third kappa shape index (κ3) is 11.9. The van der Waals surface area contributed by atoms with Crippen LogP contribution in [0.5, 0.6) is 23.0 Å². The molecule has 0 saturated carbocycles. The SMILES string of the molecule is OC(CCl)COc1ccccc1Cc1ccccc1OCC(O)CCl.c1ccc(OCC2CO2)c(Cc2ccccc2OCC2CO2)c1. The predicted molar refractivity (Wildman–Crippen MR) is 186 cm³/mol. The molecule has 48 heavy (non-hydrogen) atoms. The van der Waals surface area contributed by atoms with E-state index in [2.05, 4.69) is 12.1 Å². The number of aliphatic hydroxyl groups excluding tert-OH is 2. The molecule has 0 bridgehead atoms. The molecule has 2 fully saturated rings. The number of hydrogen-bond acceptors (Lipinski definition) is 8. The summed E-state index contributed by atoms with van der Waals surface area (Å²) in [5.41, 5.74) is 4.26. The first-order valence-electron chi connectivity index (χ1n) is 16.1. The first kappa shape index (κ1) is 35.8. The molecular formula is C38H42Cl2O8. The van der Waals surface area contributed by atoms with Crippen LogP contribution in [0.25, 0.3) is 0 Å². The average Bonchev–Trinajstić information content (AvgIpc) is 4.06. The Bertz CT molecular complexity index is 1430. The maximum Gasteiger partial charge on any atom is 0.122 e. The fraction of sp³-hybridized carbons (Fsp3) is 0.368. The van der Waals surface area contributed by atoms with Crippen molar-refractivity contribution in [1.29, 1.82) is 0 Å². The topological polar surface area (TPSA) is 102 Å². The Morgan fingerprint density at radius 3 is 1.10 bits per heavy atom. The summed E-state index contributed by atoms with van der Waals surface area (Å²) in [7, 11) is 0. The second-order valence-corrected chi connectivity index (χ2v) is 12.2. The maximum atomic E-state index is 9.58. The summed E-state index contributed by atoms with van der Waals surface area (Å²) >= 11 is 11.2. The molecule has 4 aromatic carbocycles. The number of para-hydroxylation sites is 4. The molecule has 2 saturated heterocycles. The van der Waals surface area contributed by atoms with Gasteiger partial charge in [0, 0.05) is 12.8 Å². The lowest BCUT2D eigenvalue weighted by Crippen LogP contribution is -2.19. The molecule has 6 rings (SSSR count). The molecule has 256 valence electrons. The van der Waals surface area contributed by atoms with Crippen LogP contribution in [0, 0.1) is 0 Å². The zero-order valence-electron chi connectivity index (χ0n) is 26.7. The zero-order valence-corrected chi connectivity index (χ0v) is 28.2. The van der Waals surface area contributed by atoms with Crippen LogP contribution >= 0.6 is 23.2 Å². The van der Waals surface area contributed by atoms with Gasteiger partial charge in [-0.2, -0.15) is 0 Å². The Morgan fingerprint density at radius 1 is 0.521 bits per heavy atom. The van der Waals surface area contributed by atoms with Crippen LogP contribution in [0.1, 0.15) is 22.3 Å². The van der Waals surface area contributed by atoms with Crippen LogP contribution in [0.15, 0.2) is 97.1 Å². The van der Waals surface area contributed by atoms with E-state index in [0.717, 1.165) is 53.4 Å². The van der Waals surface area contributed by atoms with Gasteiger partial charge in [-0.1, -0.05) is 72.8 Å². The minimum absolute atomic E-state index is 0.127. The Hall–Kier alpha value is -3.50. The van der Waals surface area contributed by atoms with Crippen LogP contribution < -0.4 is 18.9 Å². The van der Waals surface area contributed by atoms with E-state index in [9.17, 15) is 10.2 Å². The normalized spacial score (nSPS) is 17.3. The van der Waals surface area contributed by atoms with Gasteiger partial charge in [-0.25, -0.2) is 0 Å². The molecule has 2 aliphatic heterocycles. The van der Waals surface area contributed by atoms with Gasteiger partial charge in [0.05, 0.1) is 25.0 Å². The summed E-state index contributed by atoms with van der Waals surface area (Å²) in [6.07, 6.45) is 0.489. The first-order valence-corrected chi connectivity index (χ1v) is 17.1. The van der Waals surface area contributed by atoms with E-state index in [1.165, 1.54) is 0 Å². The minimum Gasteiger partial charge on any atom is -0.491 e. The van der Waals surface area contributed by atoms with Crippen LogP contribution in [0.4, 0.5) is 0 Å². The third-order valence-corrected chi connectivity index (χ3v) is 8.24. The van der Waals surface area contributed by atoms with E-state index in [1.807, 2.05) is 84.9 Å². The lowest BCUT2D eigenvalue weighted by Gasteiger charge is -2.16. The minimum atomic E-state index is -0.706. The number of epoxide rings is 2. The average molecular weight is 698 g/mol. The highest BCUT2D eigenvalue weighted by Gasteiger charge is 2.24. The van der Waals surface area contributed by atoms with Crippen molar-refractivity contribution in [2.75, 3.05) is 51.4 Å². The fourth-order valence-corrected chi connectivity index (χ4v) is 4.91. The summed E-state index contributed by atoms with van der Waals surface area (Å²) in [6, 6.07) is 31.6. The van der Waals surface area contributed by atoms with Crippen LogP contribution in [0.2, 0.25) is 0 Å².